The summed E-state index contributed by atoms with van der Waals surface area (Å²) in [5.74, 6) is -2.24. The molecular formula is C12H21NO5. The first-order valence-corrected chi connectivity index (χ1v) is 5.89. The van der Waals surface area contributed by atoms with Crippen LogP contribution in [0.1, 0.15) is 47.0 Å². The molecule has 0 fully saturated rings. The zero-order valence-electron chi connectivity index (χ0n) is 11.3. The molecule has 1 atom stereocenters. The van der Waals surface area contributed by atoms with Gasteiger partial charge in [0.25, 0.3) is 0 Å². The Labute approximate surface area is 107 Å². The van der Waals surface area contributed by atoms with Gasteiger partial charge in [0.05, 0.1) is 6.42 Å². The molecule has 1 amide bonds. The summed E-state index contributed by atoms with van der Waals surface area (Å²) in [6, 6.07) is -1.14. The molecule has 0 radical (unpaired) electrons. The first-order valence-electron chi connectivity index (χ1n) is 5.89. The molecule has 2 N–H and O–H groups in total. The van der Waals surface area contributed by atoms with E-state index in [9.17, 15) is 14.4 Å². The Morgan fingerprint density at radius 3 is 2.22 bits per heavy atom. The lowest BCUT2D eigenvalue weighted by molar-refractivity contribution is -0.161. The minimum atomic E-state index is -1.16. The lowest BCUT2D eigenvalue weighted by atomic mass is 10.1. The monoisotopic (exact) mass is 259 g/mol. The molecule has 0 bridgehead atoms. The van der Waals surface area contributed by atoms with Crippen LogP contribution < -0.4 is 5.32 Å². The molecule has 18 heavy (non-hydrogen) atoms. The molecule has 0 aliphatic carbocycles. The number of hydrogen-bond donors (Lipinski definition) is 2. The van der Waals surface area contributed by atoms with E-state index in [-0.39, 0.29) is 12.3 Å². The predicted octanol–water partition coefficient (Wildman–Crippen LogP) is 1.09. The van der Waals surface area contributed by atoms with E-state index >= 15 is 0 Å². The van der Waals surface area contributed by atoms with Crippen LogP contribution in [0.25, 0.3) is 0 Å². The highest BCUT2D eigenvalue weighted by Gasteiger charge is 2.28. The maximum absolute atomic E-state index is 11.7. The van der Waals surface area contributed by atoms with Crippen molar-refractivity contribution in [3.05, 3.63) is 0 Å². The lowest BCUT2D eigenvalue weighted by Gasteiger charge is -2.23. The van der Waals surface area contributed by atoms with Crippen LogP contribution in [0.5, 0.6) is 0 Å². The Bertz CT molecular complexity index is 319. The van der Waals surface area contributed by atoms with Gasteiger partial charge >= 0.3 is 11.9 Å². The van der Waals surface area contributed by atoms with Gasteiger partial charge in [0.1, 0.15) is 11.6 Å². The number of carbonyl (C=O) groups is 3. The van der Waals surface area contributed by atoms with E-state index in [4.69, 9.17) is 9.84 Å². The predicted molar refractivity (Wildman–Crippen MR) is 64.9 cm³/mol. The second-order valence-electron chi connectivity index (χ2n) is 5.00. The van der Waals surface area contributed by atoms with Gasteiger partial charge in [0, 0.05) is 6.42 Å². The normalized spacial score (nSPS) is 12.7. The van der Waals surface area contributed by atoms with E-state index in [0.717, 1.165) is 0 Å². The maximum Gasteiger partial charge on any atom is 0.329 e. The van der Waals surface area contributed by atoms with Crippen molar-refractivity contribution < 1.29 is 24.2 Å². The number of rotatable bonds is 6. The average Bonchev–Trinajstić information content (AvgIpc) is 2.13. The molecule has 0 aromatic rings. The molecule has 0 aliphatic rings. The minimum Gasteiger partial charge on any atom is -0.481 e. The third-order valence-corrected chi connectivity index (χ3v) is 1.88. The largest absolute Gasteiger partial charge is 0.481 e. The molecule has 0 aromatic carbocycles. The highest BCUT2D eigenvalue weighted by Crippen LogP contribution is 2.10. The summed E-state index contributed by atoms with van der Waals surface area (Å²) in [5.41, 5.74) is -0.719. The number of carbonyl (C=O) groups excluding carboxylic acids is 2. The Morgan fingerprint density at radius 1 is 1.28 bits per heavy atom. The van der Waals surface area contributed by atoms with Crippen LogP contribution in [-0.2, 0) is 19.1 Å². The van der Waals surface area contributed by atoms with Gasteiger partial charge in [-0.2, -0.15) is 0 Å². The molecule has 0 saturated carbocycles. The van der Waals surface area contributed by atoms with Crippen LogP contribution in [-0.4, -0.2) is 34.6 Å². The number of amides is 1. The number of carboxylic acids is 1. The Hall–Kier alpha value is -1.59. The topological polar surface area (TPSA) is 92.7 Å². The van der Waals surface area contributed by atoms with Crippen molar-refractivity contribution in [2.75, 3.05) is 0 Å². The summed E-state index contributed by atoms with van der Waals surface area (Å²) in [5, 5.41) is 11.1. The molecule has 6 nitrogen and oxygen atoms in total. The van der Waals surface area contributed by atoms with Crippen molar-refractivity contribution >= 4 is 17.8 Å². The van der Waals surface area contributed by atoms with Crippen molar-refractivity contribution in [3.63, 3.8) is 0 Å². The van der Waals surface area contributed by atoms with Gasteiger partial charge in [0.15, 0.2) is 0 Å². The zero-order chi connectivity index (χ0) is 14.3. The Morgan fingerprint density at radius 2 is 1.83 bits per heavy atom. The number of esters is 1. The Balaban J connectivity index is 4.62. The van der Waals surface area contributed by atoms with E-state index in [1.54, 1.807) is 20.8 Å². The number of ether oxygens (including phenoxy) is 1. The summed E-state index contributed by atoms with van der Waals surface area (Å²) in [6.07, 6.45) is 0.392. The third-order valence-electron chi connectivity index (χ3n) is 1.88. The second kappa shape index (κ2) is 6.98. The van der Waals surface area contributed by atoms with Crippen molar-refractivity contribution in [3.8, 4) is 0 Å². The minimum absolute atomic E-state index is 0.249. The van der Waals surface area contributed by atoms with Crippen LogP contribution in [0, 0.1) is 0 Å². The van der Waals surface area contributed by atoms with Crippen molar-refractivity contribution in [2.45, 2.75) is 58.6 Å². The summed E-state index contributed by atoms with van der Waals surface area (Å²) in [7, 11) is 0. The van der Waals surface area contributed by atoms with Crippen molar-refractivity contribution in [1.29, 1.82) is 0 Å². The van der Waals surface area contributed by atoms with Crippen molar-refractivity contribution in [1.82, 2.24) is 5.32 Å². The fourth-order valence-corrected chi connectivity index (χ4v) is 1.23. The summed E-state index contributed by atoms with van der Waals surface area (Å²) < 4.78 is 5.06. The SMILES string of the molecule is CCCC(=O)N[C@@H](CC(=O)O)C(=O)OC(C)(C)C. The standard InChI is InChI=1S/C12H21NO5/c1-5-6-9(14)13-8(7-10(15)16)11(17)18-12(2,3)4/h8H,5-7H2,1-4H3,(H,13,14)(H,15,16)/t8-/m0/s1. The van der Waals surface area contributed by atoms with Gasteiger partial charge in [-0.3, -0.25) is 9.59 Å². The molecule has 0 heterocycles. The molecule has 0 aliphatic heterocycles. The molecule has 104 valence electrons. The van der Waals surface area contributed by atoms with Crippen LogP contribution in [0.2, 0.25) is 0 Å². The van der Waals surface area contributed by atoms with E-state index in [0.29, 0.717) is 6.42 Å². The lowest BCUT2D eigenvalue weighted by Crippen LogP contribution is -2.45. The highest BCUT2D eigenvalue weighted by molar-refractivity contribution is 5.87. The van der Waals surface area contributed by atoms with E-state index in [1.807, 2.05) is 6.92 Å². The van der Waals surface area contributed by atoms with Crippen LogP contribution in [0.4, 0.5) is 0 Å². The second-order valence-corrected chi connectivity index (χ2v) is 5.00. The molecular weight excluding hydrogens is 238 g/mol. The molecule has 0 spiro atoms. The molecule has 0 unspecified atom stereocenters. The zero-order valence-corrected chi connectivity index (χ0v) is 11.3. The van der Waals surface area contributed by atoms with Gasteiger partial charge in [0.2, 0.25) is 5.91 Å². The van der Waals surface area contributed by atoms with Crippen LogP contribution in [0.3, 0.4) is 0 Å². The number of carboxylic acid groups (broad SMARTS) is 1. The molecule has 0 rings (SSSR count). The van der Waals surface area contributed by atoms with Gasteiger partial charge in [-0.1, -0.05) is 6.92 Å². The summed E-state index contributed by atoms with van der Waals surface area (Å²) in [4.78, 5) is 33.8. The average molecular weight is 259 g/mol. The van der Waals surface area contributed by atoms with Crippen LogP contribution >= 0.6 is 0 Å². The fourth-order valence-electron chi connectivity index (χ4n) is 1.23. The first kappa shape index (κ1) is 16.4. The van der Waals surface area contributed by atoms with Gasteiger partial charge < -0.3 is 15.2 Å². The quantitative estimate of drug-likeness (QED) is 0.696. The maximum atomic E-state index is 11.7. The third kappa shape index (κ3) is 7.65. The fraction of sp³-hybridized carbons (Fsp3) is 0.750. The van der Waals surface area contributed by atoms with Crippen molar-refractivity contribution in [2.24, 2.45) is 0 Å². The number of hydrogen-bond acceptors (Lipinski definition) is 4. The number of aliphatic carboxylic acids is 1. The van der Waals surface area contributed by atoms with E-state index in [2.05, 4.69) is 5.32 Å². The van der Waals surface area contributed by atoms with E-state index in [1.165, 1.54) is 0 Å². The van der Waals surface area contributed by atoms with Gasteiger partial charge in [-0.05, 0) is 27.2 Å². The smallest absolute Gasteiger partial charge is 0.329 e. The number of nitrogens with one attached hydrogen (secondary N) is 1. The Kier molecular flexibility index (Phi) is 6.36. The highest BCUT2D eigenvalue weighted by atomic mass is 16.6. The first-order chi connectivity index (χ1) is 8.15. The molecule has 0 saturated heterocycles. The van der Waals surface area contributed by atoms with Crippen LogP contribution in [0.15, 0.2) is 0 Å². The van der Waals surface area contributed by atoms with E-state index < -0.39 is 30.0 Å². The molecule has 0 aromatic heterocycles. The summed E-state index contributed by atoms with van der Waals surface area (Å²) in [6.45, 7) is 6.85. The summed E-state index contributed by atoms with van der Waals surface area (Å²) >= 11 is 0. The van der Waals surface area contributed by atoms with Gasteiger partial charge in [-0.25, -0.2) is 4.79 Å². The molecule has 6 heteroatoms. The van der Waals surface area contributed by atoms with Gasteiger partial charge in [-0.15, -0.1) is 0 Å².